The van der Waals surface area contributed by atoms with Crippen LogP contribution in [0.25, 0.3) is 6.08 Å². The minimum atomic E-state index is -0.252. The van der Waals surface area contributed by atoms with Crippen molar-refractivity contribution < 1.29 is 14.3 Å². The highest BCUT2D eigenvalue weighted by atomic mass is 35.5. The maximum Gasteiger partial charge on any atom is 0.249 e. The zero-order valence-corrected chi connectivity index (χ0v) is 16.5. The standard InChI is InChI=1S/C19H24ClN3O3/c1-6-9-26-18-15(20)10-14(11-16(18)25-5)7-8-17(24)21-19-12(2)13(3)22-23(19)4/h7-8,10-11H,6,9H2,1-5H3,(H,21,24). The molecule has 0 spiro atoms. The molecular formula is C19H24ClN3O3. The number of anilines is 1. The minimum absolute atomic E-state index is 0.252. The molecule has 0 atom stereocenters. The first kappa shape index (κ1) is 19.8. The van der Waals surface area contributed by atoms with Gasteiger partial charge in [0.1, 0.15) is 5.82 Å². The summed E-state index contributed by atoms with van der Waals surface area (Å²) in [6.07, 6.45) is 3.99. The number of carbonyl (C=O) groups is 1. The Morgan fingerprint density at radius 1 is 1.38 bits per heavy atom. The van der Waals surface area contributed by atoms with E-state index in [1.807, 2.05) is 20.8 Å². The third kappa shape index (κ3) is 4.58. The number of nitrogens with one attached hydrogen (secondary N) is 1. The average molecular weight is 378 g/mol. The van der Waals surface area contributed by atoms with E-state index in [0.29, 0.717) is 28.9 Å². The normalized spacial score (nSPS) is 11.0. The highest BCUT2D eigenvalue weighted by molar-refractivity contribution is 6.32. The molecule has 1 amide bonds. The van der Waals surface area contributed by atoms with Gasteiger partial charge >= 0.3 is 0 Å². The molecule has 1 aromatic carbocycles. The fourth-order valence-corrected chi connectivity index (χ4v) is 2.72. The van der Waals surface area contributed by atoms with Crippen LogP contribution in [-0.4, -0.2) is 29.4 Å². The topological polar surface area (TPSA) is 65.4 Å². The zero-order chi connectivity index (χ0) is 19.3. The maximum atomic E-state index is 12.2. The van der Waals surface area contributed by atoms with Crippen molar-refractivity contribution in [1.29, 1.82) is 0 Å². The van der Waals surface area contributed by atoms with E-state index in [4.69, 9.17) is 21.1 Å². The van der Waals surface area contributed by atoms with E-state index in [0.717, 1.165) is 23.2 Å². The van der Waals surface area contributed by atoms with E-state index in [1.165, 1.54) is 6.08 Å². The predicted octanol–water partition coefficient (Wildman–Crippen LogP) is 4.14. The molecule has 0 aliphatic rings. The molecule has 1 N–H and O–H groups in total. The van der Waals surface area contributed by atoms with E-state index in [9.17, 15) is 4.79 Å². The van der Waals surface area contributed by atoms with Gasteiger partial charge in [0, 0.05) is 18.7 Å². The van der Waals surface area contributed by atoms with Gasteiger partial charge in [-0.3, -0.25) is 9.48 Å². The molecule has 2 rings (SSSR count). The van der Waals surface area contributed by atoms with Crippen LogP contribution in [0.15, 0.2) is 18.2 Å². The summed E-state index contributed by atoms with van der Waals surface area (Å²) in [5.74, 6) is 1.47. The molecule has 7 heteroatoms. The SMILES string of the molecule is CCCOc1c(Cl)cc(C=CC(=O)Nc2c(C)c(C)nn2C)cc1OC. The van der Waals surface area contributed by atoms with Crippen LogP contribution < -0.4 is 14.8 Å². The van der Waals surface area contributed by atoms with Crippen LogP contribution in [0.1, 0.15) is 30.2 Å². The van der Waals surface area contributed by atoms with Crippen molar-refractivity contribution in [3.05, 3.63) is 40.1 Å². The third-order valence-corrected chi connectivity index (χ3v) is 4.17. The molecule has 0 unspecified atom stereocenters. The van der Waals surface area contributed by atoms with Crippen molar-refractivity contribution in [3.63, 3.8) is 0 Å². The molecule has 140 valence electrons. The lowest BCUT2D eigenvalue weighted by atomic mass is 10.2. The molecule has 1 heterocycles. The fraction of sp³-hybridized carbons (Fsp3) is 0.368. The summed E-state index contributed by atoms with van der Waals surface area (Å²) in [6.45, 7) is 6.39. The van der Waals surface area contributed by atoms with Crippen molar-refractivity contribution in [1.82, 2.24) is 9.78 Å². The van der Waals surface area contributed by atoms with Gasteiger partial charge < -0.3 is 14.8 Å². The predicted molar refractivity (Wildman–Crippen MR) is 104 cm³/mol. The zero-order valence-electron chi connectivity index (χ0n) is 15.7. The summed E-state index contributed by atoms with van der Waals surface area (Å²) >= 11 is 6.29. The van der Waals surface area contributed by atoms with Crippen molar-refractivity contribution >= 4 is 29.4 Å². The van der Waals surface area contributed by atoms with Crippen LogP contribution in [-0.2, 0) is 11.8 Å². The molecule has 0 bridgehead atoms. The average Bonchev–Trinajstić information content (AvgIpc) is 2.84. The second-order valence-corrected chi connectivity index (χ2v) is 6.29. The quantitative estimate of drug-likeness (QED) is 0.736. The molecule has 0 saturated heterocycles. The summed E-state index contributed by atoms with van der Waals surface area (Å²) < 4.78 is 12.6. The number of rotatable bonds is 7. The van der Waals surface area contributed by atoms with Crippen LogP contribution in [0.3, 0.4) is 0 Å². The Balaban J connectivity index is 2.16. The molecule has 0 fully saturated rings. The number of nitrogens with zero attached hydrogens (tertiary/aromatic N) is 2. The van der Waals surface area contributed by atoms with E-state index in [2.05, 4.69) is 10.4 Å². The highest BCUT2D eigenvalue weighted by Gasteiger charge is 2.12. The van der Waals surface area contributed by atoms with Crippen molar-refractivity contribution in [3.8, 4) is 11.5 Å². The number of methoxy groups -OCH3 is 1. The van der Waals surface area contributed by atoms with Gasteiger partial charge in [0.2, 0.25) is 5.91 Å². The van der Waals surface area contributed by atoms with E-state index in [-0.39, 0.29) is 5.91 Å². The van der Waals surface area contributed by atoms with Crippen molar-refractivity contribution in [2.45, 2.75) is 27.2 Å². The van der Waals surface area contributed by atoms with E-state index < -0.39 is 0 Å². The lowest BCUT2D eigenvalue weighted by Crippen LogP contribution is -2.12. The number of aromatic nitrogens is 2. The second-order valence-electron chi connectivity index (χ2n) is 5.89. The Morgan fingerprint density at radius 2 is 2.12 bits per heavy atom. The number of aryl methyl sites for hydroxylation is 2. The number of ether oxygens (including phenoxy) is 2. The number of amides is 1. The maximum absolute atomic E-state index is 12.2. The molecule has 0 radical (unpaired) electrons. The van der Waals surface area contributed by atoms with E-state index >= 15 is 0 Å². The van der Waals surface area contributed by atoms with Gasteiger partial charge in [-0.1, -0.05) is 18.5 Å². The lowest BCUT2D eigenvalue weighted by molar-refractivity contribution is -0.111. The van der Waals surface area contributed by atoms with Crippen LogP contribution in [0.5, 0.6) is 11.5 Å². The highest BCUT2D eigenvalue weighted by Crippen LogP contribution is 2.36. The Bertz CT molecular complexity index is 828. The molecular weight excluding hydrogens is 354 g/mol. The van der Waals surface area contributed by atoms with Gasteiger partial charge in [-0.05, 0) is 44.0 Å². The lowest BCUT2D eigenvalue weighted by Gasteiger charge is -2.12. The summed E-state index contributed by atoms with van der Waals surface area (Å²) in [5.41, 5.74) is 2.56. The number of carbonyl (C=O) groups excluding carboxylic acids is 1. The number of hydrogen-bond donors (Lipinski definition) is 1. The molecule has 0 aliphatic carbocycles. The monoisotopic (exact) mass is 377 g/mol. The van der Waals surface area contributed by atoms with Gasteiger partial charge in [0.15, 0.2) is 11.5 Å². The Labute approximate surface area is 158 Å². The van der Waals surface area contributed by atoms with Crippen LogP contribution in [0.4, 0.5) is 5.82 Å². The van der Waals surface area contributed by atoms with Gasteiger partial charge in [-0.2, -0.15) is 5.10 Å². The smallest absolute Gasteiger partial charge is 0.249 e. The molecule has 0 saturated carbocycles. The van der Waals surface area contributed by atoms with Gasteiger partial charge in [0.25, 0.3) is 0 Å². The van der Waals surface area contributed by atoms with Crippen LogP contribution in [0.2, 0.25) is 5.02 Å². The number of benzene rings is 1. The number of hydrogen-bond acceptors (Lipinski definition) is 4. The van der Waals surface area contributed by atoms with Gasteiger partial charge in [-0.15, -0.1) is 0 Å². The Kier molecular flexibility index (Phi) is 6.69. The Hall–Kier alpha value is -2.47. The first-order valence-electron chi connectivity index (χ1n) is 8.37. The van der Waals surface area contributed by atoms with Crippen molar-refractivity contribution in [2.75, 3.05) is 19.0 Å². The third-order valence-electron chi connectivity index (χ3n) is 3.89. The molecule has 6 nitrogen and oxygen atoms in total. The largest absolute Gasteiger partial charge is 0.493 e. The van der Waals surface area contributed by atoms with Crippen molar-refractivity contribution in [2.24, 2.45) is 7.05 Å². The van der Waals surface area contributed by atoms with E-state index in [1.54, 1.807) is 37.0 Å². The first-order chi connectivity index (χ1) is 12.4. The first-order valence-corrected chi connectivity index (χ1v) is 8.74. The van der Waals surface area contributed by atoms with Crippen LogP contribution in [0, 0.1) is 13.8 Å². The summed E-state index contributed by atoms with van der Waals surface area (Å²) in [4.78, 5) is 12.2. The summed E-state index contributed by atoms with van der Waals surface area (Å²) in [7, 11) is 3.34. The molecule has 1 aromatic heterocycles. The Morgan fingerprint density at radius 3 is 2.69 bits per heavy atom. The fourth-order valence-electron chi connectivity index (χ4n) is 2.45. The molecule has 0 aliphatic heterocycles. The molecule has 26 heavy (non-hydrogen) atoms. The number of halogens is 1. The van der Waals surface area contributed by atoms with Crippen LogP contribution >= 0.6 is 11.6 Å². The van der Waals surface area contributed by atoms with Gasteiger partial charge in [-0.25, -0.2) is 0 Å². The van der Waals surface area contributed by atoms with Gasteiger partial charge in [0.05, 0.1) is 24.4 Å². The minimum Gasteiger partial charge on any atom is -0.493 e. The summed E-state index contributed by atoms with van der Waals surface area (Å²) in [5, 5.41) is 7.56. The summed E-state index contributed by atoms with van der Waals surface area (Å²) in [6, 6.07) is 3.51. The second kappa shape index (κ2) is 8.76. The molecule has 2 aromatic rings.